The zero-order valence-electron chi connectivity index (χ0n) is 61.3. The normalized spacial score (nSPS) is 13.5. The van der Waals surface area contributed by atoms with E-state index in [0.717, 1.165) is 70.6 Å². The molecule has 0 fully saturated rings. The predicted octanol–water partition coefficient (Wildman–Crippen LogP) is 26.1. The highest BCUT2D eigenvalue weighted by Gasteiger charge is 2.27. The van der Waals surface area contributed by atoms with E-state index in [-0.39, 0.29) is 25.6 Å². The van der Waals surface area contributed by atoms with Crippen LogP contribution < -0.4 is 0 Å². The average molecular weight is 1310 g/mol. The van der Waals surface area contributed by atoms with Crippen LogP contribution >= 0.6 is 7.82 Å². The Morgan fingerprint density at radius 3 is 0.924 bits per heavy atom. The Bertz CT molecular complexity index is 1830. The Hall–Kier alpha value is -2.81. The van der Waals surface area contributed by atoms with Gasteiger partial charge in [-0.05, 0) is 89.9 Å². The second kappa shape index (κ2) is 72.5. The number of nitrogens with zero attached hydrogens (tertiary/aromatic N) is 1. The second-order valence-electron chi connectivity index (χ2n) is 27.7. The molecule has 0 heterocycles. The van der Waals surface area contributed by atoms with E-state index in [4.69, 9.17) is 18.5 Å². The van der Waals surface area contributed by atoms with Gasteiger partial charge in [-0.25, -0.2) is 4.57 Å². The molecule has 0 aliphatic heterocycles. The van der Waals surface area contributed by atoms with Gasteiger partial charge in [0, 0.05) is 12.8 Å². The third-order valence-electron chi connectivity index (χ3n) is 17.4. The number of phosphoric acid groups is 1. The van der Waals surface area contributed by atoms with Gasteiger partial charge in [-0.3, -0.25) is 18.6 Å². The van der Waals surface area contributed by atoms with Crippen molar-refractivity contribution in [3.05, 3.63) is 85.1 Å². The van der Waals surface area contributed by atoms with Crippen LogP contribution in [0.2, 0.25) is 0 Å². The number of likely N-dealkylation sites (N-methyl/N-ethyl adjacent to an activating group) is 1. The van der Waals surface area contributed by atoms with Crippen LogP contribution in [0.15, 0.2) is 85.1 Å². The molecule has 10 heteroatoms. The topological polar surface area (TPSA) is 108 Å². The minimum Gasteiger partial charge on any atom is -0.462 e. The van der Waals surface area contributed by atoms with E-state index >= 15 is 0 Å². The lowest BCUT2D eigenvalue weighted by atomic mass is 10.0. The van der Waals surface area contributed by atoms with Gasteiger partial charge in [-0.1, -0.05) is 356 Å². The third-order valence-corrected chi connectivity index (χ3v) is 18.4. The first-order valence-corrected chi connectivity index (χ1v) is 40.8. The van der Waals surface area contributed by atoms with Gasteiger partial charge in [0.15, 0.2) is 6.10 Å². The molecule has 0 amide bonds. The van der Waals surface area contributed by atoms with Crippen molar-refractivity contribution in [1.82, 2.24) is 0 Å². The molecule has 0 saturated carbocycles. The summed E-state index contributed by atoms with van der Waals surface area (Å²) in [6.07, 6.45) is 100. The third kappa shape index (κ3) is 76.2. The molecule has 0 aliphatic carbocycles. The Morgan fingerprint density at radius 1 is 0.348 bits per heavy atom. The van der Waals surface area contributed by atoms with E-state index in [2.05, 4.69) is 98.9 Å². The van der Waals surface area contributed by atoms with Gasteiger partial charge in [-0.2, -0.15) is 0 Å². The van der Waals surface area contributed by atoms with Crippen LogP contribution in [0.3, 0.4) is 0 Å². The molecule has 536 valence electrons. The highest BCUT2D eigenvalue weighted by atomic mass is 31.2. The summed E-state index contributed by atoms with van der Waals surface area (Å²) >= 11 is 0. The minimum absolute atomic E-state index is 0.0319. The summed E-state index contributed by atoms with van der Waals surface area (Å²) in [7, 11) is 1.49. The molecule has 9 nitrogen and oxygen atoms in total. The highest BCUT2D eigenvalue weighted by molar-refractivity contribution is 7.47. The number of quaternary nitrogens is 1. The largest absolute Gasteiger partial charge is 0.472 e. The molecule has 0 aromatic rings. The molecule has 0 radical (unpaired) electrons. The molecule has 0 saturated heterocycles. The van der Waals surface area contributed by atoms with Crippen LogP contribution in [-0.2, 0) is 32.7 Å². The van der Waals surface area contributed by atoms with E-state index in [1.54, 1.807) is 0 Å². The van der Waals surface area contributed by atoms with Crippen molar-refractivity contribution < 1.29 is 42.1 Å². The van der Waals surface area contributed by atoms with Gasteiger partial charge in [-0.15, -0.1) is 0 Å². The van der Waals surface area contributed by atoms with Crippen LogP contribution in [-0.4, -0.2) is 74.9 Å². The standard InChI is InChI=1S/C82H150NO8P/c1-6-8-10-12-14-16-18-20-22-24-26-28-30-32-34-36-37-38-39-40-41-42-43-44-45-47-48-50-52-54-56-58-60-62-64-66-68-70-72-74-81(84)88-78-80(79-90-92(86,87)89-77-76-83(3,4)5)91-82(85)75-73-71-69-67-65-63-61-59-57-55-53-51-49-46-35-33-31-29-27-25-23-21-19-17-15-13-11-9-7-2/h9,11,15,17-18,20-21,23-24,26-27,29-30,32,80H,6-8,10,12-14,16,19,22,25,28,31,33-79H2,1-5H3/p+1/b11-9-,17-15-,20-18-,23-21-,26-24-,29-27-,32-30-. The van der Waals surface area contributed by atoms with Crippen molar-refractivity contribution in [3.63, 3.8) is 0 Å². The number of unbranched alkanes of at least 4 members (excludes halogenated alkanes) is 45. The zero-order chi connectivity index (χ0) is 66.9. The zero-order valence-corrected chi connectivity index (χ0v) is 62.2. The maximum atomic E-state index is 12.9. The minimum atomic E-state index is -4.40. The molecule has 0 bridgehead atoms. The van der Waals surface area contributed by atoms with Crippen molar-refractivity contribution in [1.29, 1.82) is 0 Å². The van der Waals surface area contributed by atoms with Crippen LogP contribution in [0.5, 0.6) is 0 Å². The number of hydrogen-bond acceptors (Lipinski definition) is 7. The van der Waals surface area contributed by atoms with Crippen molar-refractivity contribution in [3.8, 4) is 0 Å². The number of carbonyl (C=O) groups is 2. The summed E-state index contributed by atoms with van der Waals surface area (Å²) in [5, 5.41) is 0. The monoisotopic (exact) mass is 1310 g/mol. The van der Waals surface area contributed by atoms with Crippen LogP contribution in [0.1, 0.15) is 373 Å². The first kappa shape index (κ1) is 89.2. The summed E-state index contributed by atoms with van der Waals surface area (Å²) in [5.74, 6) is -0.780. The van der Waals surface area contributed by atoms with Crippen LogP contribution in [0, 0.1) is 0 Å². The van der Waals surface area contributed by atoms with Crippen molar-refractivity contribution in [2.24, 2.45) is 0 Å². The lowest BCUT2D eigenvalue weighted by Crippen LogP contribution is -2.37. The average Bonchev–Trinajstić information content (AvgIpc) is 2.14. The van der Waals surface area contributed by atoms with E-state index in [0.29, 0.717) is 23.9 Å². The molecule has 2 atom stereocenters. The SMILES string of the molecule is CC/C=C\C/C=C\C/C=C\C/C=C\CCCCCCCCCCCCCCCCCCC(=O)OC(COC(=O)CCCCCCCCCCCCCCCCCCCCCCCCCC/C=C\C/C=C\C/C=C\CCCCCCC)COP(=O)(O)OCC[N+](C)(C)C. The molecule has 0 aromatic heterocycles. The van der Waals surface area contributed by atoms with E-state index < -0.39 is 26.5 Å². The summed E-state index contributed by atoms with van der Waals surface area (Å²) in [6.45, 7) is 4.36. The number of carbonyl (C=O) groups excluding carboxylic acids is 2. The summed E-state index contributed by atoms with van der Waals surface area (Å²) in [6, 6.07) is 0. The van der Waals surface area contributed by atoms with Crippen molar-refractivity contribution >= 4 is 19.8 Å². The fraction of sp³-hybridized carbons (Fsp3) is 0.805. The molecule has 1 N–H and O–H groups in total. The van der Waals surface area contributed by atoms with Gasteiger partial charge in [0.1, 0.15) is 19.8 Å². The Kier molecular flexibility index (Phi) is 70.2. The van der Waals surface area contributed by atoms with Crippen molar-refractivity contribution in [2.75, 3.05) is 47.5 Å². The van der Waals surface area contributed by atoms with Gasteiger partial charge in [0.2, 0.25) is 0 Å². The fourth-order valence-corrected chi connectivity index (χ4v) is 12.2. The summed E-state index contributed by atoms with van der Waals surface area (Å²) in [4.78, 5) is 36.0. The molecular weight excluding hydrogens is 1160 g/mol. The maximum absolute atomic E-state index is 12.9. The Labute approximate surface area is 571 Å². The molecule has 0 aliphatic rings. The van der Waals surface area contributed by atoms with Gasteiger partial charge in [0.05, 0.1) is 27.7 Å². The first-order valence-electron chi connectivity index (χ1n) is 39.3. The molecule has 0 aromatic carbocycles. The second-order valence-corrected chi connectivity index (χ2v) is 29.2. The van der Waals surface area contributed by atoms with Gasteiger partial charge < -0.3 is 18.9 Å². The van der Waals surface area contributed by atoms with Crippen molar-refractivity contribution in [2.45, 2.75) is 380 Å². The summed E-state index contributed by atoms with van der Waals surface area (Å²) in [5.41, 5.74) is 0. The van der Waals surface area contributed by atoms with Gasteiger partial charge >= 0.3 is 19.8 Å². The number of phosphoric ester groups is 1. The molecule has 2 unspecified atom stereocenters. The Morgan fingerprint density at radius 2 is 0.620 bits per heavy atom. The lowest BCUT2D eigenvalue weighted by Gasteiger charge is -2.24. The fourth-order valence-electron chi connectivity index (χ4n) is 11.4. The number of allylic oxidation sites excluding steroid dienone is 14. The van der Waals surface area contributed by atoms with Crippen LogP contribution in [0.4, 0.5) is 0 Å². The predicted molar refractivity (Wildman–Crippen MR) is 399 cm³/mol. The summed E-state index contributed by atoms with van der Waals surface area (Å²) < 4.78 is 34.8. The molecule has 0 rings (SSSR count). The van der Waals surface area contributed by atoms with E-state index in [9.17, 15) is 19.0 Å². The maximum Gasteiger partial charge on any atom is 0.472 e. The molecule has 92 heavy (non-hydrogen) atoms. The van der Waals surface area contributed by atoms with Gasteiger partial charge in [0.25, 0.3) is 0 Å². The smallest absolute Gasteiger partial charge is 0.462 e. The van der Waals surface area contributed by atoms with Crippen LogP contribution in [0.25, 0.3) is 0 Å². The first-order chi connectivity index (χ1) is 45.0. The Balaban J connectivity index is 3.92. The highest BCUT2D eigenvalue weighted by Crippen LogP contribution is 2.43. The lowest BCUT2D eigenvalue weighted by molar-refractivity contribution is -0.870. The van der Waals surface area contributed by atoms with E-state index in [1.165, 1.54) is 270 Å². The molecular formula is C82H151NO8P+. The quantitative estimate of drug-likeness (QED) is 0.0211. The number of hydrogen-bond donors (Lipinski definition) is 1. The number of esters is 2. The van der Waals surface area contributed by atoms with E-state index in [1.807, 2.05) is 21.1 Å². The number of rotatable bonds is 73. The number of ether oxygens (including phenoxy) is 2. The molecule has 0 spiro atoms.